The maximum atomic E-state index is 12.7. The van der Waals surface area contributed by atoms with Gasteiger partial charge in [-0.1, -0.05) is 0 Å². The van der Waals surface area contributed by atoms with Gasteiger partial charge in [-0.2, -0.15) is 22.7 Å². The van der Waals surface area contributed by atoms with E-state index in [1.165, 1.54) is 5.56 Å². The molecule has 0 N–H and O–H groups in total. The van der Waals surface area contributed by atoms with Crippen molar-refractivity contribution in [3.8, 4) is 0 Å². The number of amides is 1. The molecule has 0 fully saturated rings. The number of rotatable bonds is 6. The fraction of sp³-hybridized carbons (Fsp3) is 0.176. The summed E-state index contributed by atoms with van der Waals surface area (Å²) in [6.07, 6.45) is 4.76. The Labute approximate surface area is 137 Å². The first-order valence-electron chi connectivity index (χ1n) is 7.05. The Morgan fingerprint density at radius 2 is 1.86 bits per heavy atom. The minimum absolute atomic E-state index is 0.130. The molecule has 112 valence electrons. The van der Waals surface area contributed by atoms with Crippen LogP contribution in [0.25, 0.3) is 0 Å². The van der Waals surface area contributed by atoms with Crippen LogP contribution in [-0.4, -0.2) is 10.9 Å². The summed E-state index contributed by atoms with van der Waals surface area (Å²) in [6.45, 7) is 0.595. The summed E-state index contributed by atoms with van der Waals surface area (Å²) in [6, 6.07) is 7.93. The van der Waals surface area contributed by atoms with E-state index in [1.54, 1.807) is 35.1 Å². The monoisotopic (exact) mass is 328 g/mol. The first kappa shape index (κ1) is 14.9. The third-order valence-corrected chi connectivity index (χ3v) is 4.85. The first-order valence-corrected chi connectivity index (χ1v) is 8.94. The van der Waals surface area contributed by atoms with Gasteiger partial charge in [-0.25, -0.2) is 0 Å². The molecule has 5 heteroatoms. The van der Waals surface area contributed by atoms with Crippen molar-refractivity contribution < 1.29 is 4.79 Å². The Morgan fingerprint density at radius 1 is 1.09 bits per heavy atom. The SMILES string of the molecule is O=C(CCc1ccsc1)N(Cc1ccsc1)c1cccnc1. The van der Waals surface area contributed by atoms with Crippen molar-refractivity contribution in [1.29, 1.82) is 0 Å². The predicted molar refractivity (Wildman–Crippen MR) is 92.4 cm³/mol. The molecule has 0 radical (unpaired) electrons. The molecule has 22 heavy (non-hydrogen) atoms. The van der Waals surface area contributed by atoms with Crippen molar-refractivity contribution in [2.24, 2.45) is 0 Å². The maximum absolute atomic E-state index is 12.7. The molecule has 3 rings (SSSR count). The zero-order valence-corrected chi connectivity index (χ0v) is 13.6. The number of carbonyl (C=O) groups excluding carboxylic acids is 1. The summed E-state index contributed by atoms with van der Waals surface area (Å²) in [7, 11) is 0. The highest BCUT2D eigenvalue weighted by atomic mass is 32.1. The van der Waals surface area contributed by atoms with E-state index in [2.05, 4.69) is 27.9 Å². The summed E-state index contributed by atoms with van der Waals surface area (Å²) in [5.74, 6) is 0.130. The van der Waals surface area contributed by atoms with Crippen LogP contribution in [0.2, 0.25) is 0 Å². The van der Waals surface area contributed by atoms with Crippen LogP contribution in [0.15, 0.2) is 58.2 Å². The van der Waals surface area contributed by atoms with Gasteiger partial charge >= 0.3 is 0 Å². The van der Waals surface area contributed by atoms with Crippen molar-refractivity contribution in [1.82, 2.24) is 4.98 Å². The minimum Gasteiger partial charge on any atom is -0.306 e. The molecular formula is C17H16N2OS2. The summed E-state index contributed by atoms with van der Waals surface area (Å²) < 4.78 is 0. The highest BCUT2D eigenvalue weighted by Gasteiger charge is 2.16. The molecule has 1 amide bonds. The average Bonchev–Trinajstić information content (AvgIpc) is 3.24. The van der Waals surface area contributed by atoms with Crippen LogP contribution in [0.5, 0.6) is 0 Å². The zero-order chi connectivity index (χ0) is 15.2. The fourth-order valence-electron chi connectivity index (χ4n) is 2.22. The molecule has 0 aromatic carbocycles. The number of nitrogens with zero attached hydrogens (tertiary/aromatic N) is 2. The van der Waals surface area contributed by atoms with Crippen molar-refractivity contribution in [2.75, 3.05) is 4.90 Å². The molecular weight excluding hydrogens is 312 g/mol. The summed E-state index contributed by atoms with van der Waals surface area (Å²) >= 11 is 3.31. The number of anilines is 1. The van der Waals surface area contributed by atoms with Crippen LogP contribution in [-0.2, 0) is 17.8 Å². The largest absolute Gasteiger partial charge is 0.306 e. The quantitative estimate of drug-likeness (QED) is 0.673. The number of thiophene rings is 2. The Hall–Kier alpha value is -1.98. The number of aryl methyl sites for hydroxylation is 1. The van der Waals surface area contributed by atoms with E-state index in [4.69, 9.17) is 0 Å². The van der Waals surface area contributed by atoms with Gasteiger partial charge in [0.25, 0.3) is 0 Å². The Balaban J connectivity index is 1.74. The smallest absolute Gasteiger partial charge is 0.227 e. The molecule has 3 nitrogen and oxygen atoms in total. The number of aromatic nitrogens is 1. The van der Waals surface area contributed by atoms with Crippen LogP contribution < -0.4 is 4.90 Å². The van der Waals surface area contributed by atoms with Gasteiger partial charge in [0.15, 0.2) is 0 Å². The van der Waals surface area contributed by atoms with Gasteiger partial charge in [0.1, 0.15) is 0 Å². The third kappa shape index (κ3) is 3.81. The molecule has 0 aliphatic carbocycles. The van der Waals surface area contributed by atoms with E-state index < -0.39 is 0 Å². The lowest BCUT2D eigenvalue weighted by Gasteiger charge is -2.22. The lowest BCUT2D eigenvalue weighted by Crippen LogP contribution is -2.30. The molecule has 0 saturated carbocycles. The Kier molecular flexibility index (Phi) is 4.98. The molecule has 0 saturated heterocycles. The van der Waals surface area contributed by atoms with E-state index in [9.17, 15) is 4.79 Å². The molecule has 3 aromatic heterocycles. The van der Waals surface area contributed by atoms with Gasteiger partial charge in [-0.05, 0) is 63.3 Å². The number of hydrogen-bond donors (Lipinski definition) is 0. The average molecular weight is 328 g/mol. The third-order valence-electron chi connectivity index (χ3n) is 3.39. The number of carbonyl (C=O) groups is 1. The lowest BCUT2D eigenvalue weighted by molar-refractivity contribution is -0.118. The van der Waals surface area contributed by atoms with Crippen molar-refractivity contribution in [3.63, 3.8) is 0 Å². The molecule has 0 aliphatic heterocycles. The van der Waals surface area contributed by atoms with Crippen molar-refractivity contribution in [2.45, 2.75) is 19.4 Å². The first-order chi connectivity index (χ1) is 10.8. The van der Waals surface area contributed by atoms with Crippen molar-refractivity contribution >= 4 is 34.3 Å². The normalized spacial score (nSPS) is 10.5. The van der Waals surface area contributed by atoms with Gasteiger partial charge in [0.2, 0.25) is 5.91 Å². The summed E-state index contributed by atoms with van der Waals surface area (Å²) in [5.41, 5.74) is 3.22. The van der Waals surface area contributed by atoms with Crippen molar-refractivity contribution in [3.05, 3.63) is 69.3 Å². The zero-order valence-electron chi connectivity index (χ0n) is 12.0. The molecule has 0 aliphatic rings. The summed E-state index contributed by atoms with van der Waals surface area (Å²) in [4.78, 5) is 18.6. The van der Waals surface area contributed by atoms with E-state index in [-0.39, 0.29) is 5.91 Å². The Bertz CT molecular complexity index is 694. The van der Waals surface area contributed by atoms with Crippen LogP contribution >= 0.6 is 22.7 Å². The molecule has 3 heterocycles. The number of pyridine rings is 1. The molecule has 0 atom stereocenters. The second-order valence-electron chi connectivity index (χ2n) is 4.95. The van der Waals surface area contributed by atoms with Gasteiger partial charge in [-0.3, -0.25) is 9.78 Å². The van der Waals surface area contributed by atoms with E-state index in [0.29, 0.717) is 13.0 Å². The molecule has 0 spiro atoms. The van der Waals surface area contributed by atoms with Crippen LogP contribution in [0.4, 0.5) is 5.69 Å². The van der Waals surface area contributed by atoms with Gasteiger partial charge in [0.05, 0.1) is 18.4 Å². The molecule has 3 aromatic rings. The highest BCUT2D eigenvalue weighted by molar-refractivity contribution is 7.08. The topological polar surface area (TPSA) is 33.2 Å². The van der Waals surface area contributed by atoms with Gasteiger partial charge < -0.3 is 4.90 Å². The fourth-order valence-corrected chi connectivity index (χ4v) is 3.59. The van der Waals surface area contributed by atoms with Crippen LogP contribution in [0.3, 0.4) is 0 Å². The highest BCUT2D eigenvalue weighted by Crippen LogP contribution is 2.19. The predicted octanol–water partition coefficient (Wildman–Crippen LogP) is 4.37. The van der Waals surface area contributed by atoms with Crippen LogP contribution in [0.1, 0.15) is 17.5 Å². The Morgan fingerprint density at radius 3 is 2.50 bits per heavy atom. The van der Waals surface area contributed by atoms with Gasteiger partial charge in [0, 0.05) is 12.6 Å². The minimum atomic E-state index is 0.130. The van der Waals surface area contributed by atoms with E-state index in [1.807, 2.05) is 27.8 Å². The number of hydrogen-bond acceptors (Lipinski definition) is 4. The van der Waals surface area contributed by atoms with Gasteiger partial charge in [-0.15, -0.1) is 0 Å². The standard InChI is InChI=1S/C17H16N2OS2/c20-17(4-3-14-5-8-21-12-14)19(11-15-6-9-22-13-15)16-2-1-7-18-10-16/h1-2,5-10,12-13H,3-4,11H2. The lowest BCUT2D eigenvalue weighted by atomic mass is 10.1. The molecule has 0 bridgehead atoms. The maximum Gasteiger partial charge on any atom is 0.227 e. The van der Waals surface area contributed by atoms with E-state index >= 15 is 0 Å². The second-order valence-corrected chi connectivity index (χ2v) is 6.51. The summed E-state index contributed by atoms with van der Waals surface area (Å²) in [5, 5.41) is 8.26. The van der Waals surface area contributed by atoms with E-state index in [0.717, 1.165) is 17.7 Å². The molecule has 0 unspecified atom stereocenters. The van der Waals surface area contributed by atoms with Crippen LogP contribution in [0, 0.1) is 0 Å². The second kappa shape index (κ2) is 7.33.